The average Bonchev–Trinajstić information content (AvgIpc) is 2.34. The van der Waals surface area contributed by atoms with E-state index in [0.717, 1.165) is 15.2 Å². The van der Waals surface area contributed by atoms with Gasteiger partial charge in [-0.25, -0.2) is 4.79 Å². The lowest BCUT2D eigenvalue weighted by Crippen LogP contribution is -2.06. The van der Waals surface area contributed by atoms with Crippen LogP contribution in [0.4, 0.5) is 10.5 Å². The number of methoxy groups -OCH3 is 1. The Morgan fingerprint density at radius 1 is 1.29 bits per heavy atom. The lowest BCUT2D eigenvalue weighted by molar-refractivity contribution is 0.121. The Bertz CT molecular complexity index is 583. The molecule has 0 fully saturated rings. The van der Waals surface area contributed by atoms with E-state index in [4.69, 9.17) is 10.5 Å². The molecule has 0 aromatic heterocycles. The summed E-state index contributed by atoms with van der Waals surface area (Å²) in [6, 6.07) is 8.90. The number of carbonyl (C=O) groups excluding carboxylic acids is 1. The summed E-state index contributed by atoms with van der Waals surface area (Å²) in [5.41, 5.74) is 6.44. The van der Waals surface area contributed by atoms with Crippen LogP contribution in [0.5, 0.6) is 5.75 Å². The van der Waals surface area contributed by atoms with Crippen molar-refractivity contribution in [1.29, 1.82) is 0 Å². The third-order valence-corrected chi connectivity index (χ3v) is 3.21. The van der Waals surface area contributed by atoms with Crippen LogP contribution in [-0.2, 0) is 4.74 Å². The van der Waals surface area contributed by atoms with Crippen molar-refractivity contribution in [3.63, 3.8) is 0 Å². The summed E-state index contributed by atoms with van der Waals surface area (Å²) in [4.78, 5) is 11.0. The molecular formula is C12H10BrNO3. The zero-order chi connectivity index (χ0) is 12.4. The van der Waals surface area contributed by atoms with E-state index < -0.39 is 6.16 Å². The molecule has 0 bridgehead atoms. The summed E-state index contributed by atoms with van der Waals surface area (Å²) in [7, 11) is 1.26. The number of rotatable bonds is 1. The molecule has 0 heterocycles. The molecule has 0 atom stereocenters. The lowest BCUT2D eigenvalue weighted by Gasteiger charge is -2.06. The van der Waals surface area contributed by atoms with E-state index in [-0.39, 0.29) is 0 Å². The molecule has 0 aliphatic heterocycles. The van der Waals surface area contributed by atoms with Crippen LogP contribution >= 0.6 is 15.9 Å². The molecule has 0 amide bonds. The van der Waals surface area contributed by atoms with Crippen LogP contribution in [0, 0.1) is 0 Å². The Labute approximate surface area is 106 Å². The number of hydrogen-bond donors (Lipinski definition) is 1. The summed E-state index contributed by atoms with van der Waals surface area (Å²) in [5.74, 6) is 0.432. The lowest BCUT2D eigenvalue weighted by atomic mass is 10.1. The van der Waals surface area contributed by atoms with Gasteiger partial charge in [-0.15, -0.1) is 0 Å². The molecular weight excluding hydrogens is 286 g/mol. The minimum Gasteiger partial charge on any atom is -0.437 e. The number of anilines is 1. The number of carbonyl (C=O) groups is 1. The van der Waals surface area contributed by atoms with Crippen LogP contribution < -0.4 is 10.5 Å². The third kappa shape index (κ3) is 2.34. The Balaban J connectivity index is 2.45. The zero-order valence-corrected chi connectivity index (χ0v) is 10.7. The van der Waals surface area contributed by atoms with Crippen molar-refractivity contribution in [1.82, 2.24) is 0 Å². The number of ether oxygens (including phenoxy) is 2. The average molecular weight is 296 g/mol. The molecule has 2 aromatic carbocycles. The Morgan fingerprint density at radius 2 is 2.06 bits per heavy atom. The molecule has 88 valence electrons. The minimum absolute atomic E-state index is 0.432. The highest BCUT2D eigenvalue weighted by molar-refractivity contribution is 9.10. The highest BCUT2D eigenvalue weighted by Gasteiger charge is 2.07. The summed E-state index contributed by atoms with van der Waals surface area (Å²) < 4.78 is 10.2. The first-order valence-corrected chi connectivity index (χ1v) is 5.64. The van der Waals surface area contributed by atoms with E-state index in [2.05, 4.69) is 20.7 Å². The molecule has 17 heavy (non-hydrogen) atoms. The van der Waals surface area contributed by atoms with Gasteiger partial charge in [-0.1, -0.05) is 6.07 Å². The van der Waals surface area contributed by atoms with Crippen LogP contribution in [0.1, 0.15) is 0 Å². The fourth-order valence-electron chi connectivity index (χ4n) is 1.49. The second kappa shape index (κ2) is 4.63. The largest absolute Gasteiger partial charge is 0.513 e. The van der Waals surface area contributed by atoms with Gasteiger partial charge in [0.05, 0.1) is 7.11 Å². The zero-order valence-electron chi connectivity index (χ0n) is 9.07. The predicted octanol–water partition coefficient (Wildman–Crippen LogP) is 3.33. The first-order valence-electron chi connectivity index (χ1n) is 4.85. The van der Waals surface area contributed by atoms with Crippen molar-refractivity contribution in [3.05, 3.63) is 34.8 Å². The Kier molecular flexibility index (Phi) is 3.19. The minimum atomic E-state index is -0.737. The number of nitrogen functional groups attached to an aromatic ring is 1. The molecule has 2 aromatic rings. The fourth-order valence-corrected chi connectivity index (χ4v) is 1.98. The molecule has 0 unspecified atom stereocenters. The van der Waals surface area contributed by atoms with Crippen LogP contribution in [0.25, 0.3) is 10.8 Å². The molecule has 0 saturated carbocycles. The van der Waals surface area contributed by atoms with Gasteiger partial charge in [0, 0.05) is 10.2 Å². The van der Waals surface area contributed by atoms with Crippen LogP contribution in [0.15, 0.2) is 34.8 Å². The maximum absolute atomic E-state index is 11.0. The van der Waals surface area contributed by atoms with Gasteiger partial charge in [0.25, 0.3) is 0 Å². The molecule has 0 aliphatic carbocycles. The topological polar surface area (TPSA) is 61.5 Å². The normalized spacial score (nSPS) is 10.2. The van der Waals surface area contributed by atoms with E-state index in [1.807, 2.05) is 12.1 Å². The van der Waals surface area contributed by atoms with Gasteiger partial charge in [-0.3, -0.25) is 0 Å². The van der Waals surface area contributed by atoms with E-state index in [0.29, 0.717) is 11.4 Å². The van der Waals surface area contributed by atoms with E-state index in [1.54, 1.807) is 18.2 Å². The monoisotopic (exact) mass is 295 g/mol. The Hall–Kier alpha value is -1.75. The highest BCUT2D eigenvalue weighted by Crippen LogP contribution is 2.31. The van der Waals surface area contributed by atoms with Gasteiger partial charge in [0.2, 0.25) is 0 Å². The first kappa shape index (κ1) is 11.7. The molecule has 2 N–H and O–H groups in total. The van der Waals surface area contributed by atoms with Crippen molar-refractivity contribution < 1.29 is 14.3 Å². The van der Waals surface area contributed by atoms with E-state index >= 15 is 0 Å². The van der Waals surface area contributed by atoms with Crippen molar-refractivity contribution in [2.45, 2.75) is 0 Å². The van der Waals surface area contributed by atoms with Gasteiger partial charge >= 0.3 is 6.16 Å². The van der Waals surface area contributed by atoms with Gasteiger partial charge in [0.1, 0.15) is 5.75 Å². The second-order valence-electron chi connectivity index (χ2n) is 3.41. The number of nitrogens with two attached hydrogens (primary N) is 1. The van der Waals surface area contributed by atoms with Gasteiger partial charge in [-0.2, -0.15) is 0 Å². The van der Waals surface area contributed by atoms with Crippen LogP contribution in [-0.4, -0.2) is 13.3 Å². The first-order chi connectivity index (χ1) is 8.11. The van der Waals surface area contributed by atoms with Crippen molar-refractivity contribution >= 4 is 38.5 Å². The van der Waals surface area contributed by atoms with Gasteiger partial charge in [-0.05, 0) is 51.0 Å². The number of benzene rings is 2. The second-order valence-corrected chi connectivity index (χ2v) is 4.20. The molecule has 5 heteroatoms. The van der Waals surface area contributed by atoms with Crippen molar-refractivity contribution in [3.8, 4) is 5.75 Å². The molecule has 2 rings (SSSR count). The van der Waals surface area contributed by atoms with Crippen molar-refractivity contribution in [2.75, 3.05) is 12.8 Å². The molecule has 0 aliphatic rings. The summed E-state index contributed by atoms with van der Waals surface area (Å²) in [6.45, 7) is 0. The number of fused-ring (bicyclic) bond motifs is 1. The van der Waals surface area contributed by atoms with Crippen molar-refractivity contribution in [2.24, 2.45) is 0 Å². The highest BCUT2D eigenvalue weighted by atomic mass is 79.9. The fraction of sp³-hybridized carbons (Fsp3) is 0.0833. The number of hydrogen-bond acceptors (Lipinski definition) is 4. The standard InChI is InChI=1S/C12H10BrNO3/c1-16-12(15)17-8-3-4-9-7(6-8)2-5-10(14)11(9)13/h2-6H,14H2,1H3. The van der Waals surface area contributed by atoms with Gasteiger partial charge < -0.3 is 15.2 Å². The third-order valence-electron chi connectivity index (χ3n) is 2.32. The smallest absolute Gasteiger partial charge is 0.437 e. The quantitative estimate of drug-likeness (QED) is 0.498. The SMILES string of the molecule is COC(=O)Oc1ccc2c(Br)c(N)ccc2c1. The molecule has 0 spiro atoms. The Morgan fingerprint density at radius 3 is 2.76 bits per heavy atom. The van der Waals surface area contributed by atoms with E-state index in [9.17, 15) is 4.79 Å². The van der Waals surface area contributed by atoms with Gasteiger partial charge in [0.15, 0.2) is 0 Å². The van der Waals surface area contributed by atoms with E-state index in [1.165, 1.54) is 7.11 Å². The predicted molar refractivity (Wildman–Crippen MR) is 69.1 cm³/mol. The molecule has 0 radical (unpaired) electrons. The summed E-state index contributed by atoms with van der Waals surface area (Å²) >= 11 is 3.41. The summed E-state index contributed by atoms with van der Waals surface area (Å²) in [6.07, 6.45) is -0.737. The number of halogens is 1. The van der Waals surface area contributed by atoms with Crippen LogP contribution in [0.3, 0.4) is 0 Å². The van der Waals surface area contributed by atoms with Crippen LogP contribution in [0.2, 0.25) is 0 Å². The molecule has 4 nitrogen and oxygen atoms in total. The maximum atomic E-state index is 11.0. The molecule has 0 saturated heterocycles. The maximum Gasteiger partial charge on any atom is 0.513 e. The summed E-state index contributed by atoms with van der Waals surface area (Å²) in [5, 5.41) is 1.88.